The normalized spacial score (nSPS) is 26.1. The first-order valence-electron chi connectivity index (χ1n) is 7.59. The van der Waals surface area contributed by atoms with Crippen LogP contribution in [0.15, 0.2) is 24.3 Å². The molecule has 2 aliphatic rings. The maximum atomic E-state index is 12.5. The van der Waals surface area contributed by atoms with Gasteiger partial charge in [-0.05, 0) is 31.5 Å². The largest absolute Gasteiger partial charge is 0.346 e. The van der Waals surface area contributed by atoms with E-state index in [4.69, 9.17) is 9.47 Å². The zero-order chi connectivity index (χ0) is 14.7. The van der Waals surface area contributed by atoms with E-state index in [1.165, 1.54) is 0 Å². The summed E-state index contributed by atoms with van der Waals surface area (Å²) in [5, 5.41) is 6.32. The van der Waals surface area contributed by atoms with Gasteiger partial charge in [0, 0.05) is 17.8 Å². The molecule has 2 aliphatic heterocycles. The molecule has 114 valence electrons. The standard InChI is InChI=1S/C16H22N2O3/c1-2-16(7-8-17-11-16)15(19)18-13-5-3-12(4-6-13)14-20-9-10-21-14/h3-6,14,17H,2,7-11H2,1H3,(H,18,19). The van der Waals surface area contributed by atoms with Crippen molar-refractivity contribution in [2.24, 2.45) is 5.41 Å². The second kappa shape index (κ2) is 6.13. The van der Waals surface area contributed by atoms with Crippen LogP contribution < -0.4 is 10.6 Å². The van der Waals surface area contributed by atoms with Gasteiger partial charge in [0.1, 0.15) is 0 Å². The third-order valence-electron chi connectivity index (χ3n) is 4.46. The van der Waals surface area contributed by atoms with Crippen LogP contribution in [-0.2, 0) is 14.3 Å². The first-order valence-corrected chi connectivity index (χ1v) is 7.59. The first-order chi connectivity index (χ1) is 10.2. The van der Waals surface area contributed by atoms with Crippen LogP contribution in [0, 0.1) is 5.41 Å². The number of hydrogen-bond acceptors (Lipinski definition) is 4. The highest BCUT2D eigenvalue weighted by molar-refractivity contribution is 5.95. The highest BCUT2D eigenvalue weighted by atomic mass is 16.7. The Labute approximate surface area is 125 Å². The Kier molecular flexibility index (Phi) is 4.24. The van der Waals surface area contributed by atoms with Crippen molar-refractivity contribution in [1.82, 2.24) is 5.32 Å². The lowest BCUT2D eigenvalue weighted by atomic mass is 9.83. The van der Waals surface area contributed by atoms with Crippen molar-refractivity contribution in [3.8, 4) is 0 Å². The van der Waals surface area contributed by atoms with Gasteiger partial charge in [-0.2, -0.15) is 0 Å². The molecule has 0 saturated carbocycles. The van der Waals surface area contributed by atoms with Crippen LogP contribution >= 0.6 is 0 Å². The van der Waals surface area contributed by atoms with Gasteiger partial charge >= 0.3 is 0 Å². The smallest absolute Gasteiger partial charge is 0.231 e. The highest BCUT2D eigenvalue weighted by Gasteiger charge is 2.39. The predicted molar refractivity (Wildman–Crippen MR) is 79.9 cm³/mol. The van der Waals surface area contributed by atoms with Gasteiger partial charge < -0.3 is 20.1 Å². The van der Waals surface area contributed by atoms with Crippen LogP contribution in [0.5, 0.6) is 0 Å². The molecule has 5 heteroatoms. The summed E-state index contributed by atoms with van der Waals surface area (Å²) >= 11 is 0. The van der Waals surface area contributed by atoms with Crippen molar-refractivity contribution in [2.75, 3.05) is 31.6 Å². The average molecular weight is 290 g/mol. The van der Waals surface area contributed by atoms with Gasteiger partial charge in [0.2, 0.25) is 5.91 Å². The number of amides is 1. The Morgan fingerprint density at radius 2 is 2.05 bits per heavy atom. The van der Waals surface area contributed by atoms with Gasteiger partial charge in [-0.15, -0.1) is 0 Å². The molecule has 2 heterocycles. The predicted octanol–water partition coefficient (Wildman–Crippen LogP) is 2.06. The van der Waals surface area contributed by atoms with Crippen LogP contribution in [0.2, 0.25) is 0 Å². The molecule has 1 aromatic rings. The van der Waals surface area contributed by atoms with Crippen molar-refractivity contribution in [1.29, 1.82) is 0 Å². The summed E-state index contributed by atoms with van der Waals surface area (Å²) in [5.74, 6) is 0.108. The molecule has 2 fully saturated rings. The number of nitrogens with one attached hydrogen (secondary N) is 2. The summed E-state index contributed by atoms with van der Waals surface area (Å²) in [6, 6.07) is 7.70. The van der Waals surface area contributed by atoms with E-state index in [-0.39, 0.29) is 17.6 Å². The summed E-state index contributed by atoms with van der Waals surface area (Å²) in [4.78, 5) is 12.5. The van der Waals surface area contributed by atoms with Crippen LogP contribution in [0.4, 0.5) is 5.69 Å². The molecule has 1 amide bonds. The Morgan fingerprint density at radius 1 is 1.33 bits per heavy atom. The van der Waals surface area contributed by atoms with E-state index < -0.39 is 0 Å². The summed E-state index contributed by atoms with van der Waals surface area (Å²) in [6.07, 6.45) is 1.49. The molecule has 1 aromatic carbocycles. The molecule has 3 rings (SSSR count). The van der Waals surface area contributed by atoms with E-state index in [2.05, 4.69) is 17.6 Å². The van der Waals surface area contributed by atoms with Crippen molar-refractivity contribution in [3.05, 3.63) is 29.8 Å². The molecule has 1 atom stereocenters. The molecular formula is C16H22N2O3. The van der Waals surface area contributed by atoms with Crippen LogP contribution in [0.3, 0.4) is 0 Å². The Morgan fingerprint density at radius 3 is 2.62 bits per heavy atom. The molecule has 2 N–H and O–H groups in total. The number of anilines is 1. The molecule has 21 heavy (non-hydrogen) atoms. The lowest BCUT2D eigenvalue weighted by molar-refractivity contribution is -0.124. The molecule has 0 radical (unpaired) electrons. The van der Waals surface area contributed by atoms with Crippen LogP contribution in [-0.4, -0.2) is 32.2 Å². The summed E-state index contributed by atoms with van der Waals surface area (Å²) in [7, 11) is 0. The number of carbonyl (C=O) groups excluding carboxylic acids is 1. The third kappa shape index (κ3) is 2.95. The topological polar surface area (TPSA) is 59.6 Å². The first kappa shape index (κ1) is 14.5. The fraction of sp³-hybridized carbons (Fsp3) is 0.562. The van der Waals surface area contributed by atoms with E-state index in [0.717, 1.165) is 37.2 Å². The van der Waals surface area contributed by atoms with E-state index in [0.29, 0.717) is 13.2 Å². The quantitative estimate of drug-likeness (QED) is 0.891. The molecular weight excluding hydrogens is 268 g/mol. The zero-order valence-corrected chi connectivity index (χ0v) is 12.4. The zero-order valence-electron chi connectivity index (χ0n) is 12.4. The minimum Gasteiger partial charge on any atom is -0.346 e. The van der Waals surface area contributed by atoms with Crippen LogP contribution in [0.25, 0.3) is 0 Å². The Balaban J connectivity index is 1.66. The van der Waals surface area contributed by atoms with E-state index in [1.54, 1.807) is 0 Å². The van der Waals surface area contributed by atoms with Gasteiger partial charge in [0.15, 0.2) is 6.29 Å². The lowest BCUT2D eigenvalue weighted by Gasteiger charge is -2.25. The molecule has 0 aliphatic carbocycles. The number of ether oxygens (including phenoxy) is 2. The maximum absolute atomic E-state index is 12.5. The summed E-state index contributed by atoms with van der Waals surface area (Å²) < 4.78 is 10.9. The molecule has 0 bridgehead atoms. The van der Waals surface area contributed by atoms with Gasteiger partial charge in [0.25, 0.3) is 0 Å². The number of benzene rings is 1. The van der Waals surface area contributed by atoms with Gasteiger partial charge in [-0.1, -0.05) is 19.1 Å². The molecule has 5 nitrogen and oxygen atoms in total. The fourth-order valence-corrected chi connectivity index (χ4v) is 2.94. The number of rotatable bonds is 4. The second-order valence-electron chi connectivity index (χ2n) is 5.71. The molecule has 0 spiro atoms. The monoisotopic (exact) mass is 290 g/mol. The van der Waals surface area contributed by atoms with E-state index in [9.17, 15) is 4.79 Å². The molecule has 2 saturated heterocycles. The lowest BCUT2D eigenvalue weighted by Crippen LogP contribution is -2.37. The summed E-state index contributed by atoms with van der Waals surface area (Å²) in [5.41, 5.74) is 1.54. The highest BCUT2D eigenvalue weighted by Crippen LogP contribution is 2.31. The average Bonchev–Trinajstić information content (AvgIpc) is 3.20. The fourth-order valence-electron chi connectivity index (χ4n) is 2.94. The summed E-state index contributed by atoms with van der Waals surface area (Å²) in [6.45, 7) is 5.02. The second-order valence-corrected chi connectivity index (χ2v) is 5.71. The van der Waals surface area contributed by atoms with Crippen molar-refractivity contribution >= 4 is 11.6 Å². The Bertz CT molecular complexity index is 489. The maximum Gasteiger partial charge on any atom is 0.231 e. The van der Waals surface area contributed by atoms with E-state index >= 15 is 0 Å². The SMILES string of the molecule is CCC1(C(=O)Nc2ccc(C3OCCO3)cc2)CCNC1. The van der Waals surface area contributed by atoms with Crippen molar-refractivity contribution in [3.63, 3.8) is 0 Å². The Hall–Kier alpha value is -1.43. The number of carbonyl (C=O) groups is 1. The number of hydrogen-bond donors (Lipinski definition) is 2. The van der Waals surface area contributed by atoms with Gasteiger partial charge in [-0.3, -0.25) is 4.79 Å². The third-order valence-corrected chi connectivity index (χ3v) is 4.46. The molecule has 1 unspecified atom stereocenters. The minimum absolute atomic E-state index is 0.108. The van der Waals surface area contributed by atoms with Gasteiger partial charge in [0.05, 0.1) is 18.6 Å². The van der Waals surface area contributed by atoms with Gasteiger partial charge in [-0.25, -0.2) is 0 Å². The minimum atomic E-state index is -0.268. The van der Waals surface area contributed by atoms with E-state index in [1.807, 2.05) is 24.3 Å². The van der Waals surface area contributed by atoms with Crippen molar-refractivity contribution in [2.45, 2.75) is 26.1 Å². The molecule has 0 aromatic heterocycles. The van der Waals surface area contributed by atoms with Crippen molar-refractivity contribution < 1.29 is 14.3 Å². The van der Waals surface area contributed by atoms with Crippen LogP contribution in [0.1, 0.15) is 31.6 Å².